The maximum atomic E-state index is 12.8. The molecule has 2 aliphatic carbocycles. The van der Waals surface area contributed by atoms with Crippen molar-refractivity contribution >= 4 is 17.5 Å². The molecule has 27 heavy (non-hydrogen) atoms. The van der Waals surface area contributed by atoms with Crippen LogP contribution in [0, 0.1) is 5.92 Å². The van der Waals surface area contributed by atoms with E-state index in [2.05, 4.69) is 10.3 Å². The summed E-state index contributed by atoms with van der Waals surface area (Å²) in [6.07, 6.45) is 4.16. The summed E-state index contributed by atoms with van der Waals surface area (Å²) in [4.78, 5) is 41.8. The number of hydrogen-bond donors (Lipinski definition) is 1. The predicted octanol–water partition coefficient (Wildman–Crippen LogP) is 3.16. The highest BCUT2D eigenvalue weighted by molar-refractivity contribution is 6.26. The number of aromatic nitrogens is 1. The van der Waals surface area contributed by atoms with Gasteiger partial charge in [0.1, 0.15) is 0 Å². The van der Waals surface area contributed by atoms with Crippen LogP contribution in [0.2, 0.25) is 0 Å². The fraction of sp³-hybridized carbons (Fsp3) is 0.273. The molecule has 1 fully saturated rings. The lowest BCUT2D eigenvalue weighted by molar-refractivity contribution is 0.0950. The first-order valence-corrected chi connectivity index (χ1v) is 9.16. The highest BCUT2D eigenvalue weighted by atomic mass is 16.2. The number of carbonyl (C=O) groups is 3. The minimum absolute atomic E-state index is 0.115. The molecule has 0 saturated heterocycles. The Balaban J connectivity index is 1.51. The average Bonchev–Trinajstić information content (AvgIpc) is 3.53. The zero-order valence-corrected chi connectivity index (χ0v) is 15.1. The van der Waals surface area contributed by atoms with Gasteiger partial charge in [0.05, 0.1) is 5.56 Å². The van der Waals surface area contributed by atoms with Gasteiger partial charge >= 0.3 is 0 Å². The highest BCUT2D eigenvalue weighted by Crippen LogP contribution is 2.28. The number of nitrogens with zero attached hydrogens (tertiary/aromatic N) is 1. The van der Waals surface area contributed by atoms with Crippen LogP contribution in [0.5, 0.6) is 0 Å². The SMILES string of the molecule is CC1=C(Cc2ccc(C(=O)NCC3CC3)cn2)C(=O)c2ccccc2C1=O. The van der Waals surface area contributed by atoms with E-state index >= 15 is 0 Å². The summed E-state index contributed by atoms with van der Waals surface area (Å²) in [5.41, 5.74) is 2.99. The van der Waals surface area contributed by atoms with Crippen LogP contribution >= 0.6 is 0 Å². The van der Waals surface area contributed by atoms with E-state index in [1.54, 1.807) is 43.3 Å². The normalized spacial score (nSPS) is 16.3. The first-order valence-electron chi connectivity index (χ1n) is 9.16. The van der Waals surface area contributed by atoms with E-state index in [9.17, 15) is 14.4 Å². The van der Waals surface area contributed by atoms with Crippen molar-refractivity contribution in [3.63, 3.8) is 0 Å². The summed E-state index contributed by atoms with van der Waals surface area (Å²) in [6.45, 7) is 2.40. The molecule has 0 aliphatic heterocycles. The lowest BCUT2D eigenvalue weighted by atomic mass is 9.83. The van der Waals surface area contributed by atoms with Crippen LogP contribution in [-0.4, -0.2) is 29.0 Å². The number of Topliss-reactive ketones (excluding diaryl/α,β-unsaturated/α-hetero) is 2. The Morgan fingerprint density at radius 2 is 1.78 bits per heavy atom. The van der Waals surface area contributed by atoms with Crippen LogP contribution in [0.25, 0.3) is 0 Å². The van der Waals surface area contributed by atoms with Crippen LogP contribution in [0.4, 0.5) is 0 Å². The summed E-state index contributed by atoms with van der Waals surface area (Å²) in [5, 5.41) is 2.91. The second kappa shape index (κ2) is 6.91. The Morgan fingerprint density at radius 1 is 1.07 bits per heavy atom. The summed E-state index contributed by atoms with van der Waals surface area (Å²) >= 11 is 0. The lowest BCUT2D eigenvalue weighted by Crippen LogP contribution is -2.25. The van der Waals surface area contributed by atoms with Gasteiger partial charge in [-0.2, -0.15) is 0 Å². The first kappa shape index (κ1) is 17.3. The van der Waals surface area contributed by atoms with Crippen LogP contribution in [0.1, 0.15) is 56.5 Å². The Bertz CT molecular complexity index is 969. The van der Waals surface area contributed by atoms with E-state index < -0.39 is 0 Å². The van der Waals surface area contributed by atoms with Gasteiger partial charge in [0.25, 0.3) is 5.91 Å². The summed E-state index contributed by atoms with van der Waals surface area (Å²) in [7, 11) is 0. The van der Waals surface area contributed by atoms with Crippen molar-refractivity contribution in [1.82, 2.24) is 10.3 Å². The molecule has 0 unspecified atom stereocenters. The number of nitrogens with one attached hydrogen (secondary N) is 1. The summed E-state index contributed by atoms with van der Waals surface area (Å²) < 4.78 is 0. The van der Waals surface area contributed by atoms with Gasteiger partial charge < -0.3 is 5.32 Å². The maximum absolute atomic E-state index is 12.8. The monoisotopic (exact) mass is 360 g/mol. The molecule has 2 aromatic rings. The number of rotatable bonds is 5. The van der Waals surface area contributed by atoms with E-state index in [-0.39, 0.29) is 23.9 Å². The minimum Gasteiger partial charge on any atom is -0.352 e. The van der Waals surface area contributed by atoms with Gasteiger partial charge in [0.2, 0.25) is 0 Å². The fourth-order valence-electron chi connectivity index (χ4n) is 3.27. The van der Waals surface area contributed by atoms with Crippen molar-refractivity contribution in [3.8, 4) is 0 Å². The van der Waals surface area contributed by atoms with Crippen molar-refractivity contribution < 1.29 is 14.4 Å². The van der Waals surface area contributed by atoms with Gasteiger partial charge in [-0.1, -0.05) is 24.3 Å². The quantitative estimate of drug-likeness (QED) is 0.889. The number of pyridine rings is 1. The van der Waals surface area contributed by atoms with Gasteiger partial charge in [-0.05, 0) is 37.8 Å². The molecular weight excluding hydrogens is 340 g/mol. The topological polar surface area (TPSA) is 76.1 Å². The van der Waals surface area contributed by atoms with Gasteiger partial charge in [0, 0.05) is 47.1 Å². The van der Waals surface area contributed by atoms with Crippen LogP contribution in [0.3, 0.4) is 0 Å². The molecule has 4 rings (SSSR count). The molecule has 1 aromatic heterocycles. The number of carbonyl (C=O) groups excluding carboxylic acids is 3. The Hall–Kier alpha value is -3.08. The third-order valence-corrected chi connectivity index (χ3v) is 5.18. The van der Waals surface area contributed by atoms with Crippen molar-refractivity contribution in [2.45, 2.75) is 26.2 Å². The Morgan fingerprint density at radius 3 is 2.41 bits per heavy atom. The average molecular weight is 360 g/mol. The van der Waals surface area contributed by atoms with Gasteiger partial charge in [-0.25, -0.2) is 0 Å². The Labute approximate surface area is 157 Å². The van der Waals surface area contributed by atoms with Crippen LogP contribution in [0.15, 0.2) is 53.7 Å². The molecule has 0 bridgehead atoms. The highest BCUT2D eigenvalue weighted by Gasteiger charge is 2.29. The molecule has 1 aromatic carbocycles. The molecule has 1 heterocycles. The molecule has 1 N–H and O–H groups in total. The second-order valence-corrected chi connectivity index (χ2v) is 7.18. The standard InChI is InChI=1S/C22H20N2O3/c1-13-19(21(26)18-5-3-2-4-17(18)20(13)25)10-16-9-8-15(12-23-16)22(27)24-11-14-6-7-14/h2-5,8-9,12,14H,6-7,10-11H2,1H3,(H,24,27). The van der Waals surface area contributed by atoms with Gasteiger partial charge in [-0.15, -0.1) is 0 Å². The zero-order valence-electron chi connectivity index (χ0n) is 15.1. The molecule has 136 valence electrons. The zero-order chi connectivity index (χ0) is 19.0. The maximum Gasteiger partial charge on any atom is 0.252 e. The van der Waals surface area contributed by atoms with Crippen molar-refractivity contribution in [2.75, 3.05) is 6.54 Å². The fourth-order valence-corrected chi connectivity index (χ4v) is 3.27. The molecule has 5 heteroatoms. The third kappa shape index (κ3) is 3.45. The summed E-state index contributed by atoms with van der Waals surface area (Å²) in [5.74, 6) is 0.245. The molecule has 0 radical (unpaired) electrons. The number of amides is 1. The smallest absolute Gasteiger partial charge is 0.252 e. The number of allylic oxidation sites excluding steroid dienone is 2. The van der Waals surface area contributed by atoms with Crippen molar-refractivity contribution in [1.29, 1.82) is 0 Å². The minimum atomic E-state index is -0.130. The summed E-state index contributed by atoms with van der Waals surface area (Å²) in [6, 6.07) is 10.3. The predicted molar refractivity (Wildman–Crippen MR) is 101 cm³/mol. The third-order valence-electron chi connectivity index (χ3n) is 5.18. The molecule has 2 aliphatic rings. The van der Waals surface area contributed by atoms with Crippen molar-refractivity contribution in [3.05, 3.63) is 76.1 Å². The van der Waals surface area contributed by atoms with Crippen LogP contribution in [-0.2, 0) is 6.42 Å². The second-order valence-electron chi connectivity index (χ2n) is 7.18. The van der Waals surface area contributed by atoms with E-state index in [0.717, 1.165) is 0 Å². The molecule has 0 atom stereocenters. The van der Waals surface area contributed by atoms with E-state index in [0.29, 0.717) is 46.0 Å². The largest absolute Gasteiger partial charge is 0.352 e. The molecule has 0 spiro atoms. The van der Waals surface area contributed by atoms with Gasteiger partial charge in [0.15, 0.2) is 11.6 Å². The first-order chi connectivity index (χ1) is 13.0. The number of fused-ring (bicyclic) bond motifs is 1. The number of ketones is 2. The van der Waals surface area contributed by atoms with E-state index in [1.165, 1.54) is 19.0 Å². The van der Waals surface area contributed by atoms with E-state index in [4.69, 9.17) is 0 Å². The van der Waals surface area contributed by atoms with Crippen LogP contribution < -0.4 is 5.32 Å². The molecule has 5 nitrogen and oxygen atoms in total. The molecular formula is C22H20N2O3. The molecule has 1 amide bonds. The number of hydrogen-bond acceptors (Lipinski definition) is 4. The van der Waals surface area contributed by atoms with E-state index in [1.807, 2.05) is 0 Å². The Kier molecular flexibility index (Phi) is 4.44. The van der Waals surface area contributed by atoms with Gasteiger partial charge in [-0.3, -0.25) is 19.4 Å². The van der Waals surface area contributed by atoms with Crippen molar-refractivity contribution in [2.24, 2.45) is 5.92 Å². The number of benzene rings is 1. The lowest BCUT2D eigenvalue weighted by Gasteiger charge is -2.18. The molecule has 1 saturated carbocycles.